The van der Waals surface area contributed by atoms with Crippen molar-refractivity contribution in [3.63, 3.8) is 0 Å². The highest BCUT2D eigenvalue weighted by Gasteiger charge is 2.60. The smallest absolute Gasteiger partial charge is 0.382 e. The first-order chi connectivity index (χ1) is 14.9. The number of aromatic nitrogens is 4. The Labute approximate surface area is 179 Å². The number of halogens is 3. The number of hydrogen-bond donors (Lipinski definition) is 4. The standard InChI is InChI=1S/C19H18F3N7O3/c1-9-3-4-10(18(32,17(24)31)19(20,21)22)7-11(9)12-8-25-15(23)14(27-12)16(30)28-13-5-6-26-29(13)2/h3-8,32H,1-2H3,(H2,23,25)(H2,24,31)(H,28,30). The molecule has 0 radical (unpaired) electrons. The molecule has 10 nitrogen and oxygen atoms in total. The molecule has 2 aromatic heterocycles. The van der Waals surface area contributed by atoms with Crippen molar-refractivity contribution in [1.82, 2.24) is 19.7 Å². The summed E-state index contributed by atoms with van der Waals surface area (Å²) >= 11 is 0. The van der Waals surface area contributed by atoms with Crippen LogP contribution in [0.15, 0.2) is 36.7 Å². The maximum Gasteiger partial charge on any atom is 0.430 e. The summed E-state index contributed by atoms with van der Waals surface area (Å²) in [6.07, 6.45) is -2.76. The van der Waals surface area contributed by atoms with Crippen LogP contribution < -0.4 is 16.8 Å². The van der Waals surface area contributed by atoms with Crippen LogP contribution in [0.5, 0.6) is 0 Å². The number of benzene rings is 1. The van der Waals surface area contributed by atoms with Gasteiger partial charge in [-0.25, -0.2) is 9.97 Å². The number of nitrogen functional groups attached to an aromatic ring is 1. The lowest BCUT2D eigenvalue weighted by Crippen LogP contribution is -2.52. The average Bonchev–Trinajstić information content (AvgIpc) is 3.11. The number of anilines is 2. The van der Waals surface area contributed by atoms with Crippen LogP contribution in [-0.2, 0) is 17.4 Å². The fourth-order valence-corrected chi connectivity index (χ4v) is 2.94. The average molecular weight is 449 g/mol. The molecule has 13 heteroatoms. The molecule has 2 heterocycles. The van der Waals surface area contributed by atoms with E-state index in [4.69, 9.17) is 11.5 Å². The monoisotopic (exact) mass is 449 g/mol. The Morgan fingerprint density at radius 3 is 2.47 bits per heavy atom. The molecule has 168 valence electrons. The fraction of sp³-hybridized carbons (Fsp3) is 0.211. The summed E-state index contributed by atoms with van der Waals surface area (Å²) in [6.45, 7) is 1.56. The van der Waals surface area contributed by atoms with Gasteiger partial charge in [-0.2, -0.15) is 18.3 Å². The van der Waals surface area contributed by atoms with Gasteiger partial charge in [0.25, 0.3) is 17.4 Å². The molecule has 1 unspecified atom stereocenters. The minimum atomic E-state index is -5.37. The normalized spacial score (nSPS) is 13.4. The summed E-state index contributed by atoms with van der Waals surface area (Å²) < 4.78 is 41.8. The summed E-state index contributed by atoms with van der Waals surface area (Å²) in [5, 5.41) is 16.5. The molecular weight excluding hydrogens is 431 g/mol. The summed E-state index contributed by atoms with van der Waals surface area (Å²) in [6, 6.07) is 4.62. The van der Waals surface area contributed by atoms with Crippen LogP contribution in [0.1, 0.15) is 21.6 Å². The summed E-state index contributed by atoms with van der Waals surface area (Å²) in [5.74, 6) is -2.58. The Morgan fingerprint density at radius 2 is 1.91 bits per heavy atom. The van der Waals surface area contributed by atoms with Crippen LogP contribution in [0, 0.1) is 6.92 Å². The van der Waals surface area contributed by atoms with E-state index in [1.807, 2.05) is 0 Å². The molecule has 32 heavy (non-hydrogen) atoms. The molecular formula is C19H18F3N7O3. The quantitative estimate of drug-likeness (QED) is 0.456. The number of hydrogen-bond acceptors (Lipinski definition) is 7. The van der Waals surface area contributed by atoms with Crippen molar-refractivity contribution < 1.29 is 27.9 Å². The molecule has 0 bridgehead atoms. The second-order valence-electron chi connectivity index (χ2n) is 6.89. The molecule has 3 rings (SSSR count). The van der Waals surface area contributed by atoms with E-state index in [1.54, 1.807) is 14.0 Å². The van der Waals surface area contributed by atoms with Crippen LogP contribution in [0.2, 0.25) is 0 Å². The van der Waals surface area contributed by atoms with Gasteiger partial charge in [0.2, 0.25) is 0 Å². The lowest BCUT2D eigenvalue weighted by atomic mass is 9.89. The third kappa shape index (κ3) is 3.85. The van der Waals surface area contributed by atoms with E-state index in [0.717, 1.165) is 18.3 Å². The topological polar surface area (TPSA) is 162 Å². The Hall–Kier alpha value is -4.00. The van der Waals surface area contributed by atoms with Crippen LogP contribution in [-0.4, -0.2) is 42.8 Å². The highest BCUT2D eigenvalue weighted by Crippen LogP contribution is 2.40. The van der Waals surface area contributed by atoms with E-state index < -0.39 is 29.2 Å². The number of nitrogens with zero attached hydrogens (tertiary/aromatic N) is 4. The zero-order valence-corrected chi connectivity index (χ0v) is 16.8. The van der Waals surface area contributed by atoms with Gasteiger partial charge in [-0.05, 0) is 18.6 Å². The van der Waals surface area contributed by atoms with Gasteiger partial charge in [-0.1, -0.05) is 12.1 Å². The van der Waals surface area contributed by atoms with E-state index in [-0.39, 0.29) is 22.8 Å². The third-order valence-corrected chi connectivity index (χ3v) is 4.78. The fourth-order valence-electron chi connectivity index (χ4n) is 2.94. The maximum atomic E-state index is 13.5. The molecule has 0 saturated carbocycles. The number of aryl methyl sites for hydroxylation is 2. The van der Waals surface area contributed by atoms with Gasteiger partial charge >= 0.3 is 6.18 Å². The summed E-state index contributed by atoms with van der Waals surface area (Å²) in [7, 11) is 1.59. The van der Waals surface area contributed by atoms with Crippen molar-refractivity contribution in [2.24, 2.45) is 12.8 Å². The van der Waals surface area contributed by atoms with E-state index in [0.29, 0.717) is 11.4 Å². The molecule has 0 saturated heterocycles. The summed E-state index contributed by atoms with van der Waals surface area (Å²) in [5.41, 5.74) is 6.11. The van der Waals surface area contributed by atoms with Gasteiger partial charge in [-0.15, -0.1) is 0 Å². The predicted octanol–water partition coefficient (Wildman–Crippen LogP) is 1.26. The number of nitrogens with two attached hydrogens (primary N) is 2. The van der Waals surface area contributed by atoms with Crippen molar-refractivity contribution >= 4 is 23.5 Å². The Morgan fingerprint density at radius 1 is 1.22 bits per heavy atom. The number of amides is 2. The molecule has 0 aliphatic carbocycles. The number of rotatable bonds is 5. The SMILES string of the molecule is Cc1ccc(C(O)(C(N)=O)C(F)(F)F)cc1-c1cnc(N)c(C(=O)Nc2ccnn2C)n1. The largest absolute Gasteiger partial charge is 0.430 e. The molecule has 3 aromatic rings. The van der Waals surface area contributed by atoms with Crippen molar-refractivity contribution in [1.29, 1.82) is 0 Å². The number of primary amides is 1. The van der Waals surface area contributed by atoms with Crippen LogP contribution in [0.25, 0.3) is 11.3 Å². The maximum absolute atomic E-state index is 13.5. The predicted molar refractivity (Wildman–Crippen MR) is 107 cm³/mol. The van der Waals surface area contributed by atoms with Crippen molar-refractivity contribution in [3.8, 4) is 11.3 Å². The number of carbonyl (C=O) groups is 2. The first kappa shape index (κ1) is 22.7. The Bertz CT molecular complexity index is 1210. The molecule has 0 aliphatic rings. The Balaban J connectivity index is 2.08. The molecule has 6 N–H and O–H groups in total. The minimum absolute atomic E-state index is 0.0114. The van der Waals surface area contributed by atoms with Gasteiger partial charge in [0.15, 0.2) is 11.5 Å². The molecule has 0 fully saturated rings. The van der Waals surface area contributed by atoms with E-state index in [2.05, 4.69) is 20.4 Å². The van der Waals surface area contributed by atoms with Gasteiger partial charge < -0.3 is 21.9 Å². The number of aliphatic hydroxyl groups is 1. The first-order valence-electron chi connectivity index (χ1n) is 8.98. The van der Waals surface area contributed by atoms with Crippen LogP contribution >= 0.6 is 0 Å². The van der Waals surface area contributed by atoms with Gasteiger partial charge in [0.1, 0.15) is 5.82 Å². The van der Waals surface area contributed by atoms with Gasteiger partial charge in [-0.3, -0.25) is 14.3 Å². The van der Waals surface area contributed by atoms with Crippen LogP contribution in [0.4, 0.5) is 24.8 Å². The first-order valence-corrected chi connectivity index (χ1v) is 8.98. The molecule has 2 amide bonds. The van der Waals surface area contributed by atoms with E-state index in [1.165, 1.54) is 23.0 Å². The lowest BCUT2D eigenvalue weighted by molar-refractivity contribution is -0.255. The second kappa shape index (κ2) is 7.92. The number of alkyl halides is 3. The van der Waals surface area contributed by atoms with Gasteiger partial charge in [0, 0.05) is 24.2 Å². The molecule has 1 aromatic carbocycles. The molecule has 1 atom stereocenters. The van der Waals surface area contributed by atoms with Crippen molar-refractivity contribution in [2.75, 3.05) is 11.1 Å². The minimum Gasteiger partial charge on any atom is -0.382 e. The van der Waals surface area contributed by atoms with E-state index >= 15 is 0 Å². The van der Waals surface area contributed by atoms with Crippen molar-refractivity contribution in [3.05, 3.63) is 53.5 Å². The van der Waals surface area contributed by atoms with E-state index in [9.17, 15) is 27.9 Å². The van der Waals surface area contributed by atoms with Gasteiger partial charge in [0.05, 0.1) is 18.1 Å². The Kier molecular flexibility index (Phi) is 5.61. The van der Waals surface area contributed by atoms with Crippen LogP contribution in [0.3, 0.4) is 0 Å². The zero-order chi connectivity index (χ0) is 23.8. The zero-order valence-electron chi connectivity index (χ0n) is 16.8. The lowest BCUT2D eigenvalue weighted by Gasteiger charge is -2.28. The highest BCUT2D eigenvalue weighted by atomic mass is 19.4. The number of nitrogens with one attached hydrogen (secondary N) is 1. The molecule has 0 spiro atoms. The number of carbonyl (C=O) groups excluding carboxylic acids is 2. The highest BCUT2D eigenvalue weighted by molar-refractivity contribution is 6.05. The molecule has 0 aliphatic heterocycles. The third-order valence-electron chi connectivity index (χ3n) is 4.78. The van der Waals surface area contributed by atoms with Crippen molar-refractivity contribution in [2.45, 2.75) is 18.7 Å². The summed E-state index contributed by atoms with van der Waals surface area (Å²) in [4.78, 5) is 32.2. The second-order valence-corrected chi connectivity index (χ2v) is 6.89.